The number of carbonyl (C=O) groups is 2. The first-order valence-electron chi connectivity index (χ1n) is 12.1. The fourth-order valence-electron chi connectivity index (χ4n) is 7.98. The zero-order chi connectivity index (χ0) is 22.7. The number of aromatic nitrogens is 1. The zero-order valence-corrected chi connectivity index (χ0v) is 20.1. The van der Waals surface area contributed by atoms with Crippen LogP contribution in [0, 0.1) is 34.5 Å². The second kappa shape index (κ2) is 7.86. The second-order valence-electron chi connectivity index (χ2n) is 11.0. The number of allylic oxidation sites excluding steroid dienone is 2. The number of hydrogen-bond acceptors (Lipinski definition) is 3. The van der Waals surface area contributed by atoms with Gasteiger partial charge in [0.1, 0.15) is 5.82 Å². The Bertz CT molecular complexity index is 963. The maximum atomic E-state index is 12.8. The van der Waals surface area contributed by atoms with Crippen molar-refractivity contribution in [1.82, 2.24) is 9.88 Å². The highest BCUT2D eigenvalue weighted by atomic mass is 35.5. The molecule has 5 rings (SSSR count). The van der Waals surface area contributed by atoms with E-state index < -0.39 is 0 Å². The van der Waals surface area contributed by atoms with E-state index >= 15 is 0 Å². The van der Waals surface area contributed by atoms with E-state index in [1.807, 2.05) is 30.1 Å². The number of piperidine rings is 1. The summed E-state index contributed by atoms with van der Waals surface area (Å²) in [5, 5.41) is 3.87. The average Bonchev–Trinajstić information content (AvgIpc) is 3.08. The number of likely N-dealkylation sites (tertiary alicyclic amines) is 1. The lowest BCUT2D eigenvalue weighted by Crippen LogP contribution is -2.54. The number of hydrogen-bond donors (Lipinski definition) is 1. The highest BCUT2D eigenvalue weighted by molar-refractivity contribution is 6.30. The number of pyridine rings is 1. The summed E-state index contributed by atoms with van der Waals surface area (Å²) in [7, 11) is 1.90. The van der Waals surface area contributed by atoms with Crippen LogP contribution in [0.4, 0.5) is 5.82 Å². The summed E-state index contributed by atoms with van der Waals surface area (Å²) in [5.41, 5.74) is 1.24. The number of amides is 2. The van der Waals surface area contributed by atoms with Crippen LogP contribution in [-0.2, 0) is 9.59 Å². The second-order valence-corrected chi connectivity index (χ2v) is 11.4. The summed E-state index contributed by atoms with van der Waals surface area (Å²) in [5.74, 6) is 2.97. The first-order valence-corrected chi connectivity index (χ1v) is 12.5. The van der Waals surface area contributed by atoms with Gasteiger partial charge in [0.25, 0.3) is 0 Å². The molecule has 2 heterocycles. The molecule has 32 heavy (non-hydrogen) atoms. The van der Waals surface area contributed by atoms with Crippen molar-refractivity contribution < 1.29 is 9.59 Å². The van der Waals surface area contributed by atoms with Gasteiger partial charge in [-0.3, -0.25) is 9.59 Å². The third-order valence-electron chi connectivity index (χ3n) is 9.60. The molecule has 172 valence electrons. The van der Waals surface area contributed by atoms with Gasteiger partial charge in [0.2, 0.25) is 11.8 Å². The number of halogens is 1. The molecule has 0 radical (unpaired) electrons. The van der Waals surface area contributed by atoms with Crippen LogP contribution >= 0.6 is 11.6 Å². The normalized spacial score (nSPS) is 38.8. The number of carbonyl (C=O) groups excluding carboxylic acids is 2. The van der Waals surface area contributed by atoms with E-state index in [-0.39, 0.29) is 22.6 Å². The van der Waals surface area contributed by atoms with Crippen LogP contribution in [0.25, 0.3) is 0 Å². The Morgan fingerprint density at radius 1 is 1.22 bits per heavy atom. The molecule has 2 saturated carbocycles. The summed E-state index contributed by atoms with van der Waals surface area (Å²) in [6, 6.07) is 5.58. The van der Waals surface area contributed by atoms with E-state index in [1.54, 1.807) is 6.20 Å². The number of rotatable bonds is 3. The van der Waals surface area contributed by atoms with E-state index in [4.69, 9.17) is 11.6 Å². The van der Waals surface area contributed by atoms with E-state index in [0.717, 1.165) is 42.8 Å². The van der Waals surface area contributed by atoms with Gasteiger partial charge in [-0.25, -0.2) is 4.98 Å². The van der Waals surface area contributed by atoms with Crippen molar-refractivity contribution in [2.24, 2.45) is 34.5 Å². The number of anilines is 1. The van der Waals surface area contributed by atoms with Gasteiger partial charge in [0.05, 0.1) is 0 Å². The molecule has 6 heteroatoms. The van der Waals surface area contributed by atoms with Crippen LogP contribution in [0.1, 0.15) is 65.2 Å². The van der Waals surface area contributed by atoms with Gasteiger partial charge in [-0.2, -0.15) is 0 Å². The Hall–Kier alpha value is -1.88. The van der Waals surface area contributed by atoms with Crippen LogP contribution in [0.2, 0.25) is 0 Å². The fraction of sp³-hybridized carbons (Fsp3) is 0.654. The van der Waals surface area contributed by atoms with Gasteiger partial charge < -0.3 is 10.2 Å². The zero-order valence-electron chi connectivity index (χ0n) is 19.4. The highest BCUT2D eigenvalue weighted by Gasteiger charge is 2.60. The molecule has 5 nitrogen and oxygen atoms in total. The minimum atomic E-state index is -0.0154. The van der Waals surface area contributed by atoms with Crippen LogP contribution < -0.4 is 5.32 Å². The van der Waals surface area contributed by atoms with Crippen molar-refractivity contribution in [3.63, 3.8) is 0 Å². The van der Waals surface area contributed by atoms with Gasteiger partial charge in [0.15, 0.2) is 0 Å². The highest BCUT2D eigenvalue weighted by Crippen LogP contribution is 2.67. The number of nitrogens with zero attached hydrogens (tertiary/aromatic N) is 2. The van der Waals surface area contributed by atoms with E-state index in [1.165, 1.54) is 6.42 Å². The van der Waals surface area contributed by atoms with Crippen molar-refractivity contribution in [3.8, 4) is 0 Å². The molecule has 0 bridgehead atoms. The first kappa shape index (κ1) is 21.9. The van der Waals surface area contributed by atoms with Gasteiger partial charge >= 0.3 is 0 Å². The molecule has 1 aromatic rings. The van der Waals surface area contributed by atoms with Crippen molar-refractivity contribution in [2.75, 3.05) is 12.4 Å². The lowest BCUT2D eigenvalue weighted by atomic mass is 9.49. The monoisotopic (exact) mass is 455 g/mol. The molecule has 0 aromatic carbocycles. The van der Waals surface area contributed by atoms with Crippen molar-refractivity contribution >= 4 is 29.2 Å². The van der Waals surface area contributed by atoms with Crippen molar-refractivity contribution in [3.05, 3.63) is 35.1 Å². The summed E-state index contributed by atoms with van der Waals surface area (Å²) < 4.78 is 0. The largest absolute Gasteiger partial charge is 0.318 e. The molecule has 1 N–H and O–H groups in total. The van der Waals surface area contributed by atoms with Crippen molar-refractivity contribution in [1.29, 1.82) is 0 Å². The Balaban J connectivity index is 1.36. The predicted octanol–water partition coefficient (Wildman–Crippen LogP) is 5.58. The Morgan fingerprint density at radius 3 is 2.78 bits per heavy atom. The minimum absolute atomic E-state index is 0.0154. The van der Waals surface area contributed by atoms with E-state index in [2.05, 4.69) is 24.1 Å². The Kier molecular flexibility index (Phi) is 5.39. The van der Waals surface area contributed by atoms with E-state index in [9.17, 15) is 9.59 Å². The first-order chi connectivity index (χ1) is 15.2. The standard InChI is InChI=1S/C26H34ClN3O2/c1-25-11-9-19-17(15-20(27)24-26(19,2)12-10-23(32)30(24)3)18(25)8-7-16(25)14-22(31)29-21-6-4-5-13-28-21/h4-6,13,16-19H,7-12,14-15H2,1-3H3,(H,28,29,31)/t16?,17-,18-,19-,25+,26+/m0/s1. The maximum absolute atomic E-state index is 12.8. The lowest BCUT2D eigenvalue weighted by Gasteiger charge is -2.59. The summed E-state index contributed by atoms with van der Waals surface area (Å²) in [4.78, 5) is 31.3. The van der Waals surface area contributed by atoms with Crippen molar-refractivity contribution in [2.45, 2.75) is 65.2 Å². The van der Waals surface area contributed by atoms with E-state index in [0.29, 0.717) is 42.3 Å². The molecule has 1 unspecified atom stereocenters. The molecular weight excluding hydrogens is 422 g/mol. The van der Waals surface area contributed by atoms with Crippen LogP contribution in [0.5, 0.6) is 0 Å². The molecule has 1 aliphatic heterocycles. The number of fused-ring (bicyclic) bond motifs is 5. The minimum Gasteiger partial charge on any atom is -0.318 e. The fourth-order valence-corrected chi connectivity index (χ4v) is 8.50. The molecule has 2 amide bonds. The topological polar surface area (TPSA) is 62.3 Å². The van der Waals surface area contributed by atoms with Crippen LogP contribution in [-0.4, -0.2) is 28.7 Å². The molecule has 3 aliphatic carbocycles. The smallest absolute Gasteiger partial charge is 0.226 e. The van der Waals surface area contributed by atoms with Gasteiger partial charge in [-0.05, 0) is 79.7 Å². The van der Waals surface area contributed by atoms with Gasteiger partial charge in [-0.15, -0.1) is 0 Å². The summed E-state index contributed by atoms with van der Waals surface area (Å²) in [6.07, 6.45) is 9.24. The molecular formula is C26H34ClN3O2. The molecule has 0 spiro atoms. The lowest BCUT2D eigenvalue weighted by molar-refractivity contribution is -0.136. The molecule has 1 saturated heterocycles. The van der Waals surface area contributed by atoms with Gasteiger partial charge in [0, 0.05) is 42.2 Å². The number of nitrogens with one attached hydrogen (secondary N) is 1. The molecule has 3 fully saturated rings. The quantitative estimate of drug-likeness (QED) is 0.646. The van der Waals surface area contributed by atoms with Crippen LogP contribution in [0.15, 0.2) is 35.1 Å². The Morgan fingerprint density at radius 2 is 2.03 bits per heavy atom. The third-order valence-corrected chi connectivity index (χ3v) is 9.93. The third kappa shape index (κ3) is 3.30. The SMILES string of the molecule is CN1C(=O)CC[C@@]2(C)C1=C(Cl)C[C@@H]1[C@@H]2CC[C@]2(C)C(CC(=O)Nc3ccccn3)CC[C@@H]12. The summed E-state index contributed by atoms with van der Waals surface area (Å²) in [6.45, 7) is 4.77. The molecule has 4 aliphatic rings. The van der Waals surface area contributed by atoms with Gasteiger partial charge in [-0.1, -0.05) is 31.5 Å². The van der Waals surface area contributed by atoms with Crippen LogP contribution in [0.3, 0.4) is 0 Å². The summed E-state index contributed by atoms with van der Waals surface area (Å²) >= 11 is 6.92. The molecule has 1 aromatic heterocycles. The maximum Gasteiger partial charge on any atom is 0.226 e. The average molecular weight is 456 g/mol. The predicted molar refractivity (Wildman–Crippen MR) is 126 cm³/mol. The molecule has 6 atom stereocenters. The Labute approximate surface area is 196 Å².